The van der Waals surface area contributed by atoms with Crippen LogP contribution in [0.5, 0.6) is 0 Å². The molecule has 0 aromatic heterocycles. The minimum atomic E-state index is -6.84. The van der Waals surface area contributed by atoms with Gasteiger partial charge >= 0.3 is 24.3 Å². The monoisotopic (exact) mass is 302 g/mol. The summed E-state index contributed by atoms with van der Waals surface area (Å²) in [7, 11) is 0. The van der Waals surface area contributed by atoms with Gasteiger partial charge < -0.3 is 0 Å². The van der Waals surface area contributed by atoms with E-state index >= 15 is 0 Å². The third kappa shape index (κ3) is 3.13. The van der Waals surface area contributed by atoms with Crippen LogP contribution in [-0.2, 0) is 9.68 Å². The van der Waals surface area contributed by atoms with Crippen LogP contribution >= 0.6 is 0 Å². The smallest absolute Gasteiger partial charge is 0.290 e. The van der Waals surface area contributed by atoms with Crippen molar-refractivity contribution in [3.05, 3.63) is 0 Å². The highest BCUT2D eigenvalue weighted by Crippen LogP contribution is 2.48. The average Bonchev–Trinajstić information content (AvgIpc) is 2.07. The van der Waals surface area contributed by atoms with Crippen LogP contribution in [0, 0.1) is 0 Å². The Morgan fingerprint density at radius 2 is 1.06 bits per heavy atom. The van der Waals surface area contributed by atoms with E-state index in [4.69, 9.17) is 0 Å². The fourth-order valence-electron chi connectivity index (χ4n) is 0.613. The third-order valence-corrected chi connectivity index (χ3v) is 1.38. The lowest BCUT2D eigenvalue weighted by Gasteiger charge is -2.33. The lowest BCUT2D eigenvalue weighted by atomic mass is 10.2. The maximum atomic E-state index is 12.1. The Kier molecular flexibility index (Phi) is 4.46. The van der Waals surface area contributed by atoms with Crippen LogP contribution in [0.3, 0.4) is 0 Å². The highest BCUT2D eigenvalue weighted by molar-refractivity contribution is 4.87. The predicted octanol–water partition coefficient (Wildman–Crippen LogP) is 3.58. The molecule has 1 atom stereocenters. The number of hydrogen-bond acceptors (Lipinski definition) is 2. The van der Waals surface area contributed by atoms with E-state index in [0.717, 1.165) is 0 Å². The Labute approximate surface area is 90.1 Å². The zero-order chi connectivity index (χ0) is 15.0. The molecule has 0 aliphatic rings. The summed E-state index contributed by atoms with van der Waals surface area (Å²) in [6.45, 7) is 0. The molecule has 0 aliphatic heterocycles. The molecule has 0 amide bonds. The van der Waals surface area contributed by atoms with E-state index in [9.17, 15) is 48.4 Å². The molecule has 13 heteroatoms. The van der Waals surface area contributed by atoms with Crippen molar-refractivity contribution in [1.82, 2.24) is 0 Å². The Balaban J connectivity index is 5.52. The highest BCUT2D eigenvalue weighted by atomic mass is 19.4. The van der Waals surface area contributed by atoms with E-state index in [1.165, 1.54) is 4.94 Å². The normalized spacial score (nSPS) is 16.8. The van der Waals surface area contributed by atoms with Crippen molar-refractivity contribution in [2.45, 2.75) is 30.7 Å². The second-order valence-corrected chi connectivity index (χ2v) is 2.66. The fourth-order valence-corrected chi connectivity index (χ4v) is 0.613. The first-order valence-electron chi connectivity index (χ1n) is 3.51. The summed E-state index contributed by atoms with van der Waals surface area (Å²) in [5.74, 6) is -6.37. The van der Waals surface area contributed by atoms with Crippen molar-refractivity contribution in [3.8, 4) is 0 Å². The Morgan fingerprint density at radius 3 is 1.22 bits per heavy atom. The van der Waals surface area contributed by atoms with Crippen molar-refractivity contribution in [2.24, 2.45) is 0 Å². The van der Waals surface area contributed by atoms with Crippen LogP contribution in [0.4, 0.5) is 48.4 Å². The third-order valence-electron chi connectivity index (χ3n) is 1.38. The molecule has 0 aromatic carbocycles. The SMILES string of the molecule is FOC(OC(F)C(F)(F)F)(C(F)(F)F)C(F)(F)F. The van der Waals surface area contributed by atoms with Crippen LogP contribution in [0.2, 0.25) is 0 Å². The van der Waals surface area contributed by atoms with Gasteiger partial charge in [-0.3, -0.25) is 4.74 Å². The van der Waals surface area contributed by atoms with Crippen LogP contribution in [-0.4, -0.2) is 30.7 Å². The largest absolute Gasteiger partial charge is 0.456 e. The maximum Gasteiger partial charge on any atom is 0.456 e. The van der Waals surface area contributed by atoms with E-state index in [2.05, 4.69) is 0 Å². The Bertz CT molecular complexity index is 261. The first kappa shape index (κ1) is 17.2. The standard InChI is InChI=1S/C5HF11O2/c6-1(2(7,8)9)17-3(18-16,4(10,11)12)5(13,14)15/h1H. The molecule has 0 saturated heterocycles. The second-order valence-electron chi connectivity index (χ2n) is 2.66. The van der Waals surface area contributed by atoms with Gasteiger partial charge in [0.05, 0.1) is 0 Å². The topological polar surface area (TPSA) is 18.5 Å². The second kappa shape index (κ2) is 4.68. The van der Waals surface area contributed by atoms with E-state index in [-0.39, 0.29) is 0 Å². The first-order valence-corrected chi connectivity index (χ1v) is 3.51. The van der Waals surface area contributed by atoms with Crippen molar-refractivity contribution in [1.29, 1.82) is 0 Å². The van der Waals surface area contributed by atoms with Gasteiger partial charge in [0.25, 0.3) is 6.36 Å². The number of hydrogen-bond donors (Lipinski definition) is 0. The summed E-state index contributed by atoms with van der Waals surface area (Å²) in [4.78, 5) is 1.42. The van der Waals surface area contributed by atoms with Gasteiger partial charge in [-0.15, -0.1) is 4.94 Å². The zero-order valence-corrected chi connectivity index (χ0v) is 7.55. The van der Waals surface area contributed by atoms with Crippen molar-refractivity contribution in [3.63, 3.8) is 0 Å². The molecule has 0 spiro atoms. The first-order chi connectivity index (χ1) is 7.69. The van der Waals surface area contributed by atoms with Gasteiger partial charge in [-0.2, -0.15) is 39.5 Å². The predicted molar refractivity (Wildman–Crippen MR) is 29.1 cm³/mol. The molecule has 2 nitrogen and oxygen atoms in total. The molecular formula is C5HF11O2. The zero-order valence-electron chi connectivity index (χ0n) is 7.55. The summed E-state index contributed by atoms with van der Waals surface area (Å²) < 4.78 is 131. The molecule has 0 saturated carbocycles. The number of ether oxygens (including phenoxy) is 1. The Hall–Kier alpha value is -0.850. The van der Waals surface area contributed by atoms with Crippen LogP contribution in [0.15, 0.2) is 0 Å². The van der Waals surface area contributed by atoms with Crippen LogP contribution < -0.4 is 0 Å². The van der Waals surface area contributed by atoms with Crippen LogP contribution in [0.1, 0.15) is 0 Å². The number of halogens is 11. The van der Waals surface area contributed by atoms with Gasteiger partial charge in [-0.05, 0) is 4.53 Å². The quantitative estimate of drug-likeness (QED) is 0.586. The molecule has 0 bridgehead atoms. The molecule has 0 rings (SSSR count). The van der Waals surface area contributed by atoms with E-state index in [1.54, 1.807) is 0 Å². The summed E-state index contributed by atoms with van der Waals surface area (Å²) in [6, 6.07) is 0. The van der Waals surface area contributed by atoms with Gasteiger partial charge in [0.1, 0.15) is 0 Å². The summed E-state index contributed by atoms with van der Waals surface area (Å²) >= 11 is 0. The van der Waals surface area contributed by atoms with Gasteiger partial charge in [-0.1, -0.05) is 0 Å². The van der Waals surface area contributed by atoms with Gasteiger partial charge in [0, 0.05) is 0 Å². The Morgan fingerprint density at radius 1 is 0.722 bits per heavy atom. The molecular weight excluding hydrogens is 301 g/mol. The number of alkyl halides is 10. The van der Waals surface area contributed by atoms with Crippen molar-refractivity contribution in [2.75, 3.05) is 0 Å². The van der Waals surface area contributed by atoms with Gasteiger partial charge in [-0.25, -0.2) is 4.39 Å². The molecule has 0 N–H and O–H groups in total. The maximum absolute atomic E-state index is 12.1. The van der Waals surface area contributed by atoms with E-state index in [0.29, 0.717) is 0 Å². The lowest BCUT2D eigenvalue weighted by molar-refractivity contribution is -0.536. The molecule has 0 aliphatic carbocycles. The minimum absolute atomic E-state index is 1.42. The average molecular weight is 302 g/mol. The molecule has 18 heavy (non-hydrogen) atoms. The molecule has 0 heterocycles. The van der Waals surface area contributed by atoms with Gasteiger partial charge in [0.15, 0.2) is 0 Å². The van der Waals surface area contributed by atoms with E-state index < -0.39 is 30.7 Å². The molecule has 0 radical (unpaired) electrons. The highest BCUT2D eigenvalue weighted by Gasteiger charge is 2.78. The molecule has 110 valence electrons. The summed E-state index contributed by atoms with van der Waals surface area (Å²) in [5, 5.41) is 0. The number of rotatable bonds is 3. The molecule has 0 fully saturated rings. The molecule has 1 unspecified atom stereocenters. The van der Waals surface area contributed by atoms with Crippen molar-refractivity contribution >= 4 is 0 Å². The van der Waals surface area contributed by atoms with Crippen LogP contribution in [0.25, 0.3) is 0 Å². The molecule has 0 aromatic rings. The summed E-state index contributed by atoms with van der Waals surface area (Å²) in [6.07, 6.45) is -25.0. The van der Waals surface area contributed by atoms with E-state index in [1.807, 2.05) is 4.74 Å². The minimum Gasteiger partial charge on any atom is -0.290 e. The summed E-state index contributed by atoms with van der Waals surface area (Å²) in [5.41, 5.74) is 0. The lowest BCUT2D eigenvalue weighted by Crippen LogP contribution is -2.61. The van der Waals surface area contributed by atoms with Gasteiger partial charge in [0.2, 0.25) is 0 Å². The fraction of sp³-hybridized carbons (Fsp3) is 1.00. The van der Waals surface area contributed by atoms with Crippen molar-refractivity contribution < 1.29 is 58.1 Å².